The Morgan fingerprint density at radius 1 is 0.508 bits per heavy atom. The molecule has 59 heavy (non-hydrogen) atoms. The monoisotopic (exact) mass is 759 g/mol. The van der Waals surface area contributed by atoms with Gasteiger partial charge in [0, 0.05) is 28.3 Å². The zero-order valence-corrected chi connectivity index (χ0v) is 32.9. The number of hydrogen-bond acceptors (Lipinski definition) is 4. The Morgan fingerprint density at radius 3 is 1.85 bits per heavy atom. The third-order valence-electron chi connectivity index (χ3n) is 14.3. The SMILES string of the molecule is [C-]#[N+]c1cnc2cccc(-c3ccc4c(c3)C3(c5cc(-c6cccc(-c7nc(-c8ccccc8)nc(-c8ccccc8C)n7)c6)ccc5-4)C4CC5CC(C4)CC3C5)c2c1. The van der Waals surface area contributed by atoms with Crippen molar-refractivity contribution in [1.29, 1.82) is 0 Å². The Bertz CT molecular complexity index is 3020. The van der Waals surface area contributed by atoms with E-state index >= 15 is 0 Å². The fourth-order valence-electron chi connectivity index (χ4n) is 12.0. The largest absolute Gasteiger partial charge is 0.268 e. The third kappa shape index (κ3) is 5.29. The van der Waals surface area contributed by atoms with Crippen LogP contribution in [0.25, 0.3) is 83.3 Å². The molecule has 8 aromatic rings. The molecule has 0 radical (unpaired) electrons. The van der Waals surface area contributed by atoms with Crippen molar-refractivity contribution in [3.8, 4) is 67.5 Å². The summed E-state index contributed by atoms with van der Waals surface area (Å²) in [7, 11) is 0. The minimum Gasteiger partial charge on any atom is -0.268 e. The number of aromatic nitrogens is 4. The molecule has 13 rings (SSSR count). The predicted octanol–water partition coefficient (Wildman–Crippen LogP) is 13.3. The van der Waals surface area contributed by atoms with Gasteiger partial charge in [0.2, 0.25) is 5.69 Å². The highest BCUT2D eigenvalue weighted by atomic mass is 15.0. The maximum Gasteiger partial charge on any atom is 0.205 e. The van der Waals surface area contributed by atoms with Gasteiger partial charge in [0.05, 0.1) is 12.1 Å². The lowest BCUT2D eigenvalue weighted by atomic mass is 9.43. The van der Waals surface area contributed by atoms with E-state index in [0.29, 0.717) is 35.0 Å². The summed E-state index contributed by atoms with van der Waals surface area (Å²) in [6, 6.07) is 50.2. The molecule has 4 saturated carbocycles. The van der Waals surface area contributed by atoms with Gasteiger partial charge in [-0.15, -0.1) is 0 Å². The highest BCUT2D eigenvalue weighted by molar-refractivity contribution is 5.97. The molecular weight excluding hydrogens is 719 g/mol. The van der Waals surface area contributed by atoms with Gasteiger partial charge in [0.15, 0.2) is 17.5 Å². The van der Waals surface area contributed by atoms with Crippen LogP contribution >= 0.6 is 0 Å². The van der Waals surface area contributed by atoms with Crippen molar-refractivity contribution in [2.24, 2.45) is 23.7 Å². The Kier molecular flexibility index (Phi) is 7.63. The van der Waals surface area contributed by atoms with Crippen LogP contribution in [0.3, 0.4) is 0 Å². The molecule has 4 bridgehead atoms. The molecule has 0 amide bonds. The van der Waals surface area contributed by atoms with E-state index in [1.54, 1.807) is 6.20 Å². The summed E-state index contributed by atoms with van der Waals surface area (Å²) in [6.45, 7) is 9.80. The average Bonchev–Trinajstić information content (AvgIpc) is 3.57. The first kappa shape index (κ1) is 34.3. The normalized spacial score (nSPS) is 22.0. The number of rotatable bonds is 5. The highest BCUT2D eigenvalue weighted by Crippen LogP contribution is 2.69. The quantitative estimate of drug-likeness (QED) is 0.164. The Hall–Kier alpha value is -6.77. The molecule has 1 spiro atoms. The molecule has 5 aliphatic carbocycles. The van der Waals surface area contributed by atoms with Crippen LogP contribution in [0.15, 0.2) is 146 Å². The molecule has 2 aromatic heterocycles. The number of hydrogen-bond donors (Lipinski definition) is 0. The van der Waals surface area contributed by atoms with E-state index in [4.69, 9.17) is 21.5 Å². The van der Waals surface area contributed by atoms with Crippen LogP contribution in [0.5, 0.6) is 0 Å². The van der Waals surface area contributed by atoms with E-state index in [0.717, 1.165) is 50.6 Å². The summed E-state index contributed by atoms with van der Waals surface area (Å²) in [4.78, 5) is 23.6. The number of nitrogens with zero attached hydrogens (tertiary/aromatic N) is 5. The minimum atomic E-state index is -0.0204. The van der Waals surface area contributed by atoms with Crippen LogP contribution in [-0.2, 0) is 5.41 Å². The number of pyridine rings is 1. The summed E-state index contributed by atoms with van der Waals surface area (Å²) >= 11 is 0. The van der Waals surface area contributed by atoms with E-state index in [9.17, 15) is 0 Å². The topological polar surface area (TPSA) is 55.9 Å². The number of benzene rings is 6. The van der Waals surface area contributed by atoms with Crippen molar-refractivity contribution >= 4 is 16.6 Å². The van der Waals surface area contributed by atoms with E-state index in [-0.39, 0.29) is 5.41 Å². The lowest BCUT2D eigenvalue weighted by Gasteiger charge is -2.61. The van der Waals surface area contributed by atoms with Crippen molar-refractivity contribution in [2.75, 3.05) is 0 Å². The summed E-state index contributed by atoms with van der Waals surface area (Å²) in [5.74, 6) is 4.97. The van der Waals surface area contributed by atoms with Crippen LogP contribution in [0.4, 0.5) is 5.69 Å². The molecule has 5 aliphatic rings. The Balaban J connectivity index is 1.000. The van der Waals surface area contributed by atoms with E-state index in [2.05, 4.69) is 126 Å². The molecule has 4 fully saturated rings. The van der Waals surface area contributed by atoms with Gasteiger partial charge in [-0.3, -0.25) is 4.98 Å². The van der Waals surface area contributed by atoms with Gasteiger partial charge >= 0.3 is 0 Å². The molecule has 0 saturated heterocycles. The molecule has 0 N–H and O–H groups in total. The second kappa shape index (κ2) is 13.1. The first-order valence-electron chi connectivity index (χ1n) is 21.1. The van der Waals surface area contributed by atoms with Crippen molar-refractivity contribution < 1.29 is 0 Å². The first-order valence-corrected chi connectivity index (χ1v) is 21.1. The maximum absolute atomic E-state index is 7.69. The summed E-state index contributed by atoms with van der Waals surface area (Å²) in [5, 5.41) is 1.04. The van der Waals surface area contributed by atoms with E-state index in [1.165, 1.54) is 71.0 Å². The Morgan fingerprint density at radius 2 is 1.10 bits per heavy atom. The van der Waals surface area contributed by atoms with Gasteiger partial charge in [-0.1, -0.05) is 109 Å². The van der Waals surface area contributed by atoms with E-state index < -0.39 is 0 Å². The van der Waals surface area contributed by atoms with Gasteiger partial charge in [-0.2, -0.15) is 0 Å². The maximum atomic E-state index is 7.69. The molecule has 5 nitrogen and oxygen atoms in total. The minimum absolute atomic E-state index is 0.0204. The van der Waals surface area contributed by atoms with Crippen LogP contribution in [0.2, 0.25) is 0 Å². The standard InChI is InChI=1S/C54H41N5/c1-32-10-6-7-15-43(32)53-58-51(35-11-4-3-5-12-35)57-52(59-53)39-14-8-13-36(27-39)37-18-20-45-46-21-19-38(44-16-9-17-50-47(44)30-42(55-2)31-56-50)29-49(46)54(48(45)28-37)40-23-33-22-34(25-40)26-41(54)24-33/h3-21,27-31,33-34,40-41H,22-26H2,1H3. The van der Waals surface area contributed by atoms with Crippen LogP contribution in [0, 0.1) is 37.2 Å². The summed E-state index contributed by atoms with van der Waals surface area (Å²) < 4.78 is 0. The Labute approximate surface area is 344 Å². The zero-order chi connectivity index (χ0) is 39.2. The van der Waals surface area contributed by atoms with Crippen LogP contribution in [0.1, 0.15) is 48.8 Å². The second-order valence-corrected chi connectivity index (χ2v) is 17.4. The predicted molar refractivity (Wildman–Crippen MR) is 237 cm³/mol. The molecule has 5 heteroatoms. The summed E-state index contributed by atoms with van der Waals surface area (Å²) in [6.07, 6.45) is 8.35. The number of fused-ring (bicyclic) bond motifs is 4. The van der Waals surface area contributed by atoms with Crippen LogP contribution in [-0.4, -0.2) is 19.9 Å². The lowest BCUT2D eigenvalue weighted by molar-refractivity contribution is -0.0399. The zero-order valence-electron chi connectivity index (χ0n) is 32.9. The number of aryl methyl sites for hydroxylation is 1. The van der Waals surface area contributed by atoms with Crippen molar-refractivity contribution in [1.82, 2.24) is 19.9 Å². The smallest absolute Gasteiger partial charge is 0.205 e. The van der Waals surface area contributed by atoms with Gasteiger partial charge in [0.1, 0.15) is 0 Å². The first-order chi connectivity index (χ1) is 29.0. The molecule has 0 aliphatic heterocycles. The van der Waals surface area contributed by atoms with Gasteiger partial charge in [-0.25, -0.2) is 19.8 Å². The lowest BCUT2D eigenvalue weighted by Crippen LogP contribution is -2.55. The fraction of sp³-hybridized carbons (Fsp3) is 0.204. The highest BCUT2D eigenvalue weighted by Gasteiger charge is 2.61. The van der Waals surface area contributed by atoms with Crippen molar-refractivity contribution in [3.63, 3.8) is 0 Å². The van der Waals surface area contributed by atoms with Crippen LogP contribution < -0.4 is 0 Å². The fourth-order valence-corrected chi connectivity index (χ4v) is 12.0. The third-order valence-corrected chi connectivity index (χ3v) is 14.3. The van der Waals surface area contributed by atoms with Gasteiger partial charge in [-0.05, 0) is 148 Å². The molecule has 6 aromatic carbocycles. The van der Waals surface area contributed by atoms with Gasteiger partial charge < -0.3 is 0 Å². The molecule has 0 atom stereocenters. The average molecular weight is 760 g/mol. The molecular formula is C54H41N5. The second-order valence-electron chi connectivity index (χ2n) is 17.4. The van der Waals surface area contributed by atoms with E-state index in [1.807, 2.05) is 30.3 Å². The molecule has 0 unspecified atom stereocenters. The van der Waals surface area contributed by atoms with Crippen molar-refractivity contribution in [3.05, 3.63) is 174 Å². The molecule has 282 valence electrons. The van der Waals surface area contributed by atoms with Crippen molar-refractivity contribution in [2.45, 2.75) is 44.4 Å². The molecule has 2 heterocycles. The van der Waals surface area contributed by atoms with Gasteiger partial charge in [0.25, 0.3) is 0 Å². The summed E-state index contributed by atoms with van der Waals surface area (Å²) in [5.41, 5.74) is 16.1.